The Kier molecular flexibility index (Phi) is 6.58. The second-order valence-electron chi connectivity index (χ2n) is 6.90. The van der Waals surface area contributed by atoms with Gasteiger partial charge in [-0.15, -0.1) is 10.2 Å². The number of benzene rings is 2. The monoisotopic (exact) mass is 497 g/mol. The summed E-state index contributed by atoms with van der Waals surface area (Å²) >= 11 is 4.79. The lowest BCUT2D eigenvalue weighted by molar-refractivity contribution is 0.102. The largest absolute Gasteiger partial charge is 0.496 e. The Morgan fingerprint density at radius 2 is 2.03 bits per heavy atom. The third-order valence-corrected chi connectivity index (χ3v) is 6.28. The molecule has 2 aromatic heterocycles. The zero-order valence-electron chi connectivity index (χ0n) is 17.0. The predicted molar refractivity (Wildman–Crippen MR) is 124 cm³/mol. The molecule has 4 rings (SSSR count). The number of ether oxygens (including phenoxy) is 1. The molecule has 0 radical (unpaired) electrons. The van der Waals surface area contributed by atoms with Crippen LogP contribution in [-0.2, 0) is 6.54 Å². The van der Waals surface area contributed by atoms with Crippen LogP contribution in [0.15, 0.2) is 74.9 Å². The molecule has 0 unspecified atom stereocenters. The van der Waals surface area contributed by atoms with Crippen LogP contribution in [0.3, 0.4) is 0 Å². The van der Waals surface area contributed by atoms with Crippen molar-refractivity contribution in [1.29, 1.82) is 0 Å². The third-order valence-electron chi connectivity index (χ3n) is 4.69. The van der Waals surface area contributed by atoms with Crippen molar-refractivity contribution < 1.29 is 13.9 Å². The normalized spacial score (nSPS) is 10.9. The van der Waals surface area contributed by atoms with Crippen LogP contribution in [0.2, 0.25) is 0 Å². The van der Waals surface area contributed by atoms with E-state index in [1.807, 2.05) is 41.8 Å². The summed E-state index contributed by atoms with van der Waals surface area (Å²) in [6.45, 7) is 2.52. The smallest absolute Gasteiger partial charge is 0.192 e. The van der Waals surface area contributed by atoms with Crippen molar-refractivity contribution in [2.75, 3.05) is 12.9 Å². The fourth-order valence-corrected chi connectivity index (χ4v) is 4.52. The van der Waals surface area contributed by atoms with Crippen molar-refractivity contribution in [3.05, 3.63) is 82.2 Å². The maximum absolute atomic E-state index is 12.8. The highest BCUT2D eigenvalue weighted by Crippen LogP contribution is 2.28. The molecule has 0 saturated heterocycles. The van der Waals surface area contributed by atoms with Gasteiger partial charge in [-0.3, -0.25) is 9.36 Å². The maximum Gasteiger partial charge on any atom is 0.192 e. The molecule has 0 aliphatic heterocycles. The lowest BCUT2D eigenvalue weighted by Gasteiger charge is -2.09. The lowest BCUT2D eigenvalue weighted by Crippen LogP contribution is -2.07. The highest BCUT2D eigenvalue weighted by molar-refractivity contribution is 9.10. The summed E-state index contributed by atoms with van der Waals surface area (Å²) in [5.74, 6) is 2.45. The summed E-state index contributed by atoms with van der Waals surface area (Å²) in [5.41, 5.74) is 2.71. The Hall–Kier alpha value is -2.84. The molecule has 6 nitrogen and oxygen atoms in total. The molecule has 0 N–H and O–H groups in total. The first-order valence-electron chi connectivity index (χ1n) is 9.57. The minimum Gasteiger partial charge on any atom is -0.496 e. The third kappa shape index (κ3) is 4.91. The van der Waals surface area contributed by atoms with Gasteiger partial charge in [-0.05, 0) is 59.3 Å². The number of halogens is 1. The first-order chi connectivity index (χ1) is 15.0. The van der Waals surface area contributed by atoms with Gasteiger partial charge in [0, 0.05) is 11.1 Å². The van der Waals surface area contributed by atoms with E-state index in [1.54, 1.807) is 31.6 Å². The average Bonchev–Trinajstić information content (AvgIpc) is 3.42. The number of methoxy groups -OCH3 is 1. The summed E-state index contributed by atoms with van der Waals surface area (Å²) in [6, 6.07) is 17.2. The van der Waals surface area contributed by atoms with Crippen molar-refractivity contribution in [2.45, 2.75) is 18.6 Å². The van der Waals surface area contributed by atoms with E-state index < -0.39 is 0 Å². The maximum atomic E-state index is 12.8. The van der Waals surface area contributed by atoms with Crippen LogP contribution in [0, 0.1) is 6.92 Å². The average molecular weight is 498 g/mol. The second kappa shape index (κ2) is 9.53. The Morgan fingerprint density at radius 3 is 2.74 bits per heavy atom. The number of thioether (sulfide) groups is 1. The van der Waals surface area contributed by atoms with E-state index in [4.69, 9.17) is 9.15 Å². The molecule has 0 bridgehead atoms. The van der Waals surface area contributed by atoms with E-state index >= 15 is 0 Å². The van der Waals surface area contributed by atoms with E-state index in [0.29, 0.717) is 23.0 Å². The van der Waals surface area contributed by atoms with Gasteiger partial charge in [0.2, 0.25) is 0 Å². The SMILES string of the molecule is COc1ccc(C(=O)CSc2nnc(-c3cccc(C)c3)n2Cc2ccco2)cc1Br. The fraction of sp³-hybridized carbons (Fsp3) is 0.174. The molecule has 158 valence electrons. The summed E-state index contributed by atoms with van der Waals surface area (Å²) < 4.78 is 13.5. The number of carbonyl (C=O) groups is 1. The molecule has 0 aliphatic carbocycles. The Balaban J connectivity index is 1.59. The number of Topliss-reactive ketones (excluding diaryl/α,β-unsaturated/α-hetero) is 1. The fourth-order valence-electron chi connectivity index (χ4n) is 3.15. The van der Waals surface area contributed by atoms with Crippen LogP contribution in [0.4, 0.5) is 0 Å². The van der Waals surface area contributed by atoms with Gasteiger partial charge < -0.3 is 9.15 Å². The molecule has 2 heterocycles. The number of carbonyl (C=O) groups excluding carboxylic acids is 1. The van der Waals surface area contributed by atoms with Gasteiger partial charge in [0.1, 0.15) is 11.5 Å². The van der Waals surface area contributed by atoms with Crippen molar-refractivity contribution in [2.24, 2.45) is 0 Å². The summed E-state index contributed by atoms with van der Waals surface area (Å²) in [4.78, 5) is 12.8. The van der Waals surface area contributed by atoms with Gasteiger partial charge in [-0.2, -0.15) is 0 Å². The van der Waals surface area contributed by atoms with E-state index in [9.17, 15) is 4.79 Å². The number of aryl methyl sites for hydroxylation is 1. The summed E-state index contributed by atoms with van der Waals surface area (Å²) in [6.07, 6.45) is 1.64. The highest BCUT2D eigenvalue weighted by atomic mass is 79.9. The molecule has 0 atom stereocenters. The molecular formula is C23H20BrN3O3S. The Morgan fingerprint density at radius 1 is 1.16 bits per heavy atom. The van der Waals surface area contributed by atoms with Crippen LogP contribution in [0.1, 0.15) is 21.7 Å². The first kappa shape index (κ1) is 21.4. The van der Waals surface area contributed by atoms with Gasteiger partial charge in [0.15, 0.2) is 16.8 Å². The zero-order valence-corrected chi connectivity index (χ0v) is 19.4. The Labute approximate surface area is 192 Å². The van der Waals surface area contributed by atoms with Crippen LogP contribution in [-0.4, -0.2) is 33.4 Å². The molecule has 2 aromatic carbocycles. The number of aromatic nitrogens is 3. The number of nitrogens with zero attached hydrogens (tertiary/aromatic N) is 3. The van der Waals surface area contributed by atoms with Crippen LogP contribution < -0.4 is 4.74 Å². The molecular weight excluding hydrogens is 478 g/mol. The number of rotatable bonds is 8. The molecule has 8 heteroatoms. The van der Waals surface area contributed by atoms with Crippen molar-refractivity contribution in [3.8, 4) is 17.1 Å². The van der Waals surface area contributed by atoms with Crippen molar-refractivity contribution in [1.82, 2.24) is 14.8 Å². The molecule has 0 saturated carbocycles. The number of hydrogen-bond acceptors (Lipinski definition) is 6. The highest BCUT2D eigenvalue weighted by Gasteiger charge is 2.18. The van der Waals surface area contributed by atoms with Gasteiger partial charge >= 0.3 is 0 Å². The molecule has 0 amide bonds. The molecule has 0 fully saturated rings. The molecule has 31 heavy (non-hydrogen) atoms. The summed E-state index contributed by atoms with van der Waals surface area (Å²) in [7, 11) is 1.59. The van der Waals surface area contributed by atoms with Crippen molar-refractivity contribution >= 4 is 33.5 Å². The molecule has 0 aliphatic rings. The minimum atomic E-state index is -0.00185. The summed E-state index contributed by atoms with van der Waals surface area (Å²) in [5, 5.41) is 9.44. The van der Waals surface area contributed by atoms with Gasteiger partial charge in [-0.1, -0.05) is 35.5 Å². The zero-order chi connectivity index (χ0) is 21.8. The van der Waals surface area contributed by atoms with Crippen molar-refractivity contribution in [3.63, 3.8) is 0 Å². The number of ketones is 1. The van der Waals surface area contributed by atoms with Crippen LogP contribution in [0.25, 0.3) is 11.4 Å². The van der Waals surface area contributed by atoms with E-state index in [1.165, 1.54) is 11.8 Å². The van der Waals surface area contributed by atoms with E-state index in [2.05, 4.69) is 32.2 Å². The van der Waals surface area contributed by atoms with Gasteiger partial charge in [0.25, 0.3) is 0 Å². The Bertz CT molecular complexity index is 1200. The quantitative estimate of drug-likeness (QED) is 0.231. The first-order valence-corrected chi connectivity index (χ1v) is 11.3. The van der Waals surface area contributed by atoms with Crippen LogP contribution in [0.5, 0.6) is 5.75 Å². The van der Waals surface area contributed by atoms with Gasteiger partial charge in [0.05, 0.1) is 30.1 Å². The second-order valence-corrected chi connectivity index (χ2v) is 8.70. The van der Waals surface area contributed by atoms with Gasteiger partial charge in [-0.25, -0.2) is 0 Å². The number of furan rings is 1. The standard InChI is InChI=1S/C23H20BrN3O3S/c1-15-5-3-6-17(11-15)22-25-26-23(27(22)13-18-7-4-10-30-18)31-14-20(28)16-8-9-21(29-2)19(24)12-16/h3-12H,13-14H2,1-2H3. The predicted octanol–water partition coefficient (Wildman–Crippen LogP) is 5.64. The van der Waals surface area contributed by atoms with Crippen LogP contribution >= 0.6 is 27.7 Å². The number of hydrogen-bond donors (Lipinski definition) is 0. The van der Waals surface area contributed by atoms with E-state index in [-0.39, 0.29) is 11.5 Å². The molecule has 0 spiro atoms. The topological polar surface area (TPSA) is 70.2 Å². The lowest BCUT2D eigenvalue weighted by atomic mass is 10.1. The molecule has 4 aromatic rings. The minimum absolute atomic E-state index is 0.00185. The van der Waals surface area contributed by atoms with E-state index in [0.717, 1.165) is 27.2 Å².